The van der Waals surface area contributed by atoms with E-state index in [4.69, 9.17) is 4.74 Å². The van der Waals surface area contributed by atoms with E-state index in [1.54, 1.807) is 6.21 Å². The first-order valence-corrected chi connectivity index (χ1v) is 9.72. The number of para-hydroxylation sites is 1. The Morgan fingerprint density at radius 2 is 2.04 bits per heavy atom. The summed E-state index contributed by atoms with van der Waals surface area (Å²) < 4.78 is 18.9. The number of aliphatic imine (C=N–C) groups is 1. The van der Waals surface area contributed by atoms with E-state index in [9.17, 15) is 9.18 Å². The number of rotatable bonds is 7. The van der Waals surface area contributed by atoms with E-state index in [-0.39, 0.29) is 11.8 Å². The van der Waals surface area contributed by atoms with E-state index in [1.807, 2.05) is 48.5 Å². The molecule has 1 fully saturated rings. The molecule has 2 aromatic carbocycles. The third-order valence-corrected chi connectivity index (χ3v) is 5.15. The minimum atomic E-state index is -0.669. The molecule has 0 spiro atoms. The number of hydrogen-bond acceptors (Lipinski definition) is 4. The fourth-order valence-electron chi connectivity index (χ4n) is 3.64. The van der Waals surface area contributed by atoms with Crippen molar-refractivity contribution in [1.29, 1.82) is 0 Å². The molecular formula is C22H24FN3O2. The topological polar surface area (TPSA) is 53.9 Å². The van der Waals surface area contributed by atoms with Crippen LogP contribution in [0.2, 0.25) is 0 Å². The Morgan fingerprint density at radius 3 is 2.82 bits per heavy atom. The summed E-state index contributed by atoms with van der Waals surface area (Å²) in [5.41, 5.74) is 2.58. The summed E-state index contributed by atoms with van der Waals surface area (Å²) in [4.78, 5) is 18.7. The molecule has 1 amide bonds. The van der Waals surface area contributed by atoms with Crippen LogP contribution in [0.5, 0.6) is 5.75 Å². The van der Waals surface area contributed by atoms with Gasteiger partial charge in [0.2, 0.25) is 5.91 Å². The highest BCUT2D eigenvalue weighted by molar-refractivity contribution is 6.12. The molecule has 2 aliphatic rings. The molecule has 2 unspecified atom stereocenters. The molecule has 2 heterocycles. The number of benzene rings is 2. The summed E-state index contributed by atoms with van der Waals surface area (Å²) in [7, 11) is 0. The van der Waals surface area contributed by atoms with Crippen molar-refractivity contribution in [2.24, 2.45) is 4.99 Å². The Morgan fingerprint density at radius 1 is 1.21 bits per heavy atom. The van der Waals surface area contributed by atoms with Gasteiger partial charge in [0.05, 0.1) is 12.3 Å². The normalized spacial score (nSPS) is 21.8. The molecule has 1 saturated heterocycles. The van der Waals surface area contributed by atoms with Gasteiger partial charge in [0, 0.05) is 31.5 Å². The predicted molar refractivity (Wildman–Crippen MR) is 108 cm³/mol. The Kier molecular flexibility index (Phi) is 5.67. The van der Waals surface area contributed by atoms with Crippen LogP contribution in [0.25, 0.3) is 0 Å². The molecule has 2 atom stereocenters. The summed E-state index contributed by atoms with van der Waals surface area (Å²) in [5.74, 6) is 0.372. The Balaban J connectivity index is 1.27. The zero-order chi connectivity index (χ0) is 19.3. The van der Waals surface area contributed by atoms with Gasteiger partial charge in [0.1, 0.15) is 17.8 Å². The predicted octanol–water partition coefficient (Wildman–Crippen LogP) is 3.94. The van der Waals surface area contributed by atoms with Gasteiger partial charge in [-0.25, -0.2) is 4.39 Å². The number of carbonyl (C=O) groups is 1. The molecule has 146 valence electrons. The van der Waals surface area contributed by atoms with Gasteiger partial charge in [-0.3, -0.25) is 9.79 Å². The van der Waals surface area contributed by atoms with Crippen LogP contribution < -0.4 is 10.1 Å². The molecule has 2 aliphatic heterocycles. The van der Waals surface area contributed by atoms with Crippen LogP contribution in [0.3, 0.4) is 0 Å². The Labute approximate surface area is 164 Å². The largest absolute Gasteiger partial charge is 0.494 e. The van der Waals surface area contributed by atoms with Crippen molar-refractivity contribution in [2.75, 3.05) is 31.6 Å². The molecule has 4 rings (SSSR count). The number of hydrogen-bond donors (Lipinski definition) is 1. The fraction of sp³-hybridized carbons (Fsp3) is 0.364. The van der Waals surface area contributed by atoms with E-state index in [1.165, 1.54) is 0 Å². The van der Waals surface area contributed by atoms with E-state index in [0.717, 1.165) is 42.2 Å². The molecule has 1 N–H and O–H groups in total. The number of ether oxygens (including phenoxy) is 1. The lowest BCUT2D eigenvalue weighted by molar-refractivity contribution is -0.115. The number of amides is 1. The second-order valence-electron chi connectivity index (χ2n) is 7.21. The standard InChI is InChI=1S/C22H24FN3O2/c23-16-10-12-26(15-16)11-3-13-28-18-8-6-17(7-9-18)24-14-20-19-4-1-2-5-21(19)25-22(20)27/h1-2,4-9,14,16,20H,3,10-13,15H2,(H,25,27). The quantitative estimate of drug-likeness (QED) is 0.584. The number of nitrogens with one attached hydrogen (secondary N) is 1. The van der Waals surface area contributed by atoms with Crippen LogP contribution in [-0.2, 0) is 4.79 Å². The van der Waals surface area contributed by atoms with Crippen molar-refractivity contribution in [3.8, 4) is 5.75 Å². The van der Waals surface area contributed by atoms with Crippen molar-refractivity contribution in [1.82, 2.24) is 4.90 Å². The first-order chi connectivity index (χ1) is 13.7. The van der Waals surface area contributed by atoms with Crippen molar-refractivity contribution in [3.63, 3.8) is 0 Å². The van der Waals surface area contributed by atoms with Gasteiger partial charge in [-0.1, -0.05) is 18.2 Å². The zero-order valence-corrected chi connectivity index (χ0v) is 15.7. The number of anilines is 1. The Hall–Kier alpha value is -2.73. The maximum Gasteiger partial charge on any atom is 0.237 e. The third-order valence-electron chi connectivity index (χ3n) is 5.15. The van der Waals surface area contributed by atoms with Gasteiger partial charge in [-0.15, -0.1) is 0 Å². The number of nitrogens with zero attached hydrogens (tertiary/aromatic N) is 2. The molecule has 0 aliphatic carbocycles. The monoisotopic (exact) mass is 381 g/mol. The molecule has 0 radical (unpaired) electrons. The van der Waals surface area contributed by atoms with Gasteiger partial charge in [-0.05, 0) is 48.7 Å². The molecule has 0 aromatic heterocycles. The highest BCUT2D eigenvalue weighted by Crippen LogP contribution is 2.31. The lowest BCUT2D eigenvalue weighted by atomic mass is 10.0. The second-order valence-corrected chi connectivity index (χ2v) is 7.21. The minimum Gasteiger partial charge on any atom is -0.494 e. The maximum absolute atomic E-state index is 13.1. The summed E-state index contributed by atoms with van der Waals surface area (Å²) in [6, 6.07) is 15.2. The number of halogens is 1. The molecule has 5 nitrogen and oxygen atoms in total. The van der Waals surface area contributed by atoms with Crippen molar-refractivity contribution in [2.45, 2.75) is 24.9 Å². The molecule has 0 saturated carbocycles. The van der Waals surface area contributed by atoms with E-state index >= 15 is 0 Å². The van der Waals surface area contributed by atoms with Crippen molar-refractivity contribution >= 4 is 23.5 Å². The van der Waals surface area contributed by atoms with Crippen LogP contribution in [0.4, 0.5) is 15.8 Å². The highest BCUT2D eigenvalue weighted by atomic mass is 19.1. The minimum absolute atomic E-state index is 0.0537. The molecule has 0 bridgehead atoms. The summed E-state index contributed by atoms with van der Waals surface area (Å²) in [6.45, 7) is 2.87. The number of fused-ring (bicyclic) bond motifs is 1. The maximum atomic E-state index is 13.1. The first kappa shape index (κ1) is 18.6. The van der Waals surface area contributed by atoms with Gasteiger partial charge in [-0.2, -0.15) is 0 Å². The number of alkyl halides is 1. The van der Waals surface area contributed by atoms with Crippen LogP contribution in [-0.4, -0.2) is 49.4 Å². The fourth-order valence-corrected chi connectivity index (χ4v) is 3.64. The summed E-state index contributed by atoms with van der Waals surface area (Å²) >= 11 is 0. The lowest BCUT2D eigenvalue weighted by Gasteiger charge is -2.14. The summed E-state index contributed by atoms with van der Waals surface area (Å²) in [5, 5.41) is 2.87. The third kappa shape index (κ3) is 4.39. The average molecular weight is 381 g/mol. The zero-order valence-electron chi connectivity index (χ0n) is 15.7. The van der Waals surface area contributed by atoms with Gasteiger partial charge >= 0.3 is 0 Å². The van der Waals surface area contributed by atoms with Crippen LogP contribution in [0.15, 0.2) is 53.5 Å². The number of likely N-dealkylation sites (tertiary alicyclic amines) is 1. The van der Waals surface area contributed by atoms with Crippen LogP contribution >= 0.6 is 0 Å². The highest BCUT2D eigenvalue weighted by Gasteiger charge is 2.28. The number of carbonyl (C=O) groups excluding carboxylic acids is 1. The van der Waals surface area contributed by atoms with Gasteiger partial charge in [0.25, 0.3) is 0 Å². The molecule has 6 heteroatoms. The SMILES string of the molecule is O=C1Nc2ccccc2C1C=Nc1ccc(OCCCN2CCC(F)C2)cc1. The molecule has 28 heavy (non-hydrogen) atoms. The Bertz CT molecular complexity index is 853. The summed E-state index contributed by atoms with van der Waals surface area (Å²) in [6.07, 6.45) is 2.54. The van der Waals surface area contributed by atoms with Crippen LogP contribution in [0, 0.1) is 0 Å². The molecule has 2 aromatic rings. The van der Waals surface area contributed by atoms with E-state index in [2.05, 4.69) is 15.2 Å². The van der Waals surface area contributed by atoms with E-state index in [0.29, 0.717) is 19.6 Å². The van der Waals surface area contributed by atoms with Gasteiger partial charge in [0.15, 0.2) is 0 Å². The molecular weight excluding hydrogens is 357 g/mol. The second kappa shape index (κ2) is 8.52. The smallest absolute Gasteiger partial charge is 0.237 e. The van der Waals surface area contributed by atoms with E-state index < -0.39 is 6.17 Å². The lowest BCUT2D eigenvalue weighted by Crippen LogP contribution is -2.23. The van der Waals surface area contributed by atoms with Crippen molar-refractivity contribution < 1.29 is 13.9 Å². The van der Waals surface area contributed by atoms with Gasteiger partial charge < -0.3 is 15.0 Å². The first-order valence-electron chi connectivity index (χ1n) is 9.72. The average Bonchev–Trinajstić information content (AvgIpc) is 3.26. The van der Waals surface area contributed by atoms with Crippen molar-refractivity contribution in [3.05, 3.63) is 54.1 Å². The van der Waals surface area contributed by atoms with Crippen LogP contribution in [0.1, 0.15) is 24.3 Å².